The van der Waals surface area contributed by atoms with Gasteiger partial charge in [0.25, 0.3) is 0 Å². The van der Waals surface area contributed by atoms with Gasteiger partial charge < -0.3 is 14.6 Å². The number of ether oxygens (including phenoxy) is 2. The minimum atomic E-state index is -0.436. The fourth-order valence-electron chi connectivity index (χ4n) is 2.32. The zero-order valence-electron chi connectivity index (χ0n) is 8.32. The summed E-state index contributed by atoms with van der Waals surface area (Å²) in [7, 11) is 0. The van der Waals surface area contributed by atoms with Crippen LogP contribution in [0, 0.1) is 5.92 Å². The molecule has 1 N–H and O–H groups in total. The molecular weight excluding hydrogens is 168 g/mol. The molecule has 0 aliphatic carbocycles. The van der Waals surface area contributed by atoms with Gasteiger partial charge in [-0.3, -0.25) is 0 Å². The number of aliphatic hydroxyl groups is 1. The van der Waals surface area contributed by atoms with Crippen molar-refractivity contribution in [1.29, 1.82) is 0 Å². The van der Waals surface area contributed by atoms with Gasteiger partial charge in [-0.15, -0.1) is 0 Å². The van der Waals surface area contributed by atoms with Gasteiger partial charge in [0.05, 0.1) is 18.8 Å². The summed E-state index contributed by atoms with van der Waals surface area (Å²) < 4.78 is 11.4. The summed E-state index contributed by atoms with van der Waals surface area (Å²) in [6.07, 6.45) is 2.25. The summed E-state index contributed by atoms with van der Waals surface area (Å²) in [6, 6.07) is 0. The Balaban J connectivity index is 2.05. The predicted molar refractivity (Wildman–Crippen MR) is 48.3 cm³/mol. The monoisotopic (exact) mass is 186 g/mol. The van der Waals surface area contributed by atoms with Crippen LogP contribution in [0.5, 0.6) is 0 Å². The Morgan fingerprint density at radius 2 is 2.23 bits per heavy atom. The first-order chi connectivity index (χ1) is 6.13. The van der Waals surface area contributed by atoms with Crippen LogP contribution in [-0.4, -0.2) is 29.7 Å². The van der Waals surface area contributed by atoms with E-state index in [2.05, 4.69) is 13.8 Å². The molecule has 2 fully saturated rings. The second-order valence-corrected chi connectivity index (χ2v) is 4.46. The molecule has 2 aliphatic rings. The van der Waals surface area contributed by atoms with Gasteiger partial charge >= 0.3 is 0 Å². The fourth-order valence-corrected chi connectivity index (χ4v) is 2.32. The molecule has 0 amide bonds. The van der Waals surface area contributed by atoms with Crippen LogP contribution in [0.4, 0.5) is 0 Å². The summed E-state index contributed by atoms with van der Waals surface area (Å²) in [5.41, 5.74) is 0. The highest BCUT2D eigenvalue weighted by atomic mass is 16.7. The van der Waals surface area contributed by atoms with E-state index in [1.165, 1.54) is 0 Å². The van der Waals surface area contributed by atoms with E-state index in [4.69, 9.17) is 9.47 Å². The average molecular weight is 186 g/mol. The summed E-state index contributed by atoms with van der Waals surface area (Å²) >= 11 is 0. The minimum absolute atomic E-state index is 0.0434. The second-order valence-electron chi connectivity index (χ2n) is 4.46. The molecule has 0 aromatic rings. The third-order valence-corrected chi connectivity index (χ3v) is 2.97. The Bertz CT molecular complexity index is 185. The molecule has 2 aliphatic heterocycles. The van der Waals surface area contributed by atoms with Crippen molar-refractivity contribution in [2.45, 2.75) is 51.1 Å². The molecule has 0 radical (unpaired) electrons. The van der Waals surface area contributed by atoms with Crippen LogP contribution in [0.2, 0.25) is 0 Å². The lowest BCUT2D eigenvalue weighted by atomic mass is 10.00. The third kappa shape index (κ3) is 1.60. The maximum atomic E-state index is 9.78. The SMILES string of the molecule is CC(C)[C@@H]1OC2(CCCO2)C[C@@H]1O. The van der Waals surface area contributed by atoms with E-state index in [0.717, 1.165) is 19.4 Å². The van der Waals surface area contributed by atoms with Gasteiger partial charge in [-0.2, -0.15) is 0 Å². The Morgan fingerprint density at radius 1 is 1.46 bits per heavy atom. The Hall–Kier alpha value is -0.120. The van der Waals surface area contributed by atoms with Crippen LogP contribution in [0.25, 0.3) is 0 Å². The third-order valence-electron chi connectivity index (χ3n) is 2.97. The lowest BCUT2D eigenvalue weighted by molar-refractivity contribution is -0.205. The molecule has 0 bridgehead atoms. The molecule has 0 saturated carbocycles. The van der Waals surface area contributed by atoms with E-state index in [9.17, 15) is 5.11 Å². The molecule has 3 nitrogen and oxygen atoms in total. The van der Waals surface area contributed by atoms with E-state index in [1.807, 2.05) is 0 Å². The zero-order chi connectivity index (χ0) is 9.47. The summed E-state index contributed by atoms with van der Waals surface area (Å²) in [5, 5.41) is 9.78. The van der Waals surface area contributed by atoms with E-state index in [0.29, 0.717) is 12.3 Å². The van der Waals surface area contributed by atoms with Crippen molar-refractivity contribution in [3.05, 3.63) is 0 Å². The first-order valence-electron chi connectivity index (χ1n) is 5.13. The molecule has 1 spiro atoms. The first kappa shape index (κ1) is 9.44. The van der Waals surface area contributed by atoms with Crippen molar-refractivity contribution >= 4 is 0 Å². The van der Waals surface area contributed by atoms with Gasteiger partial charge in [0.2, 0.25) is 0 Å². The van der Waals surface area contributed by atoms with E-state index < -0.39 is 5.79 Å². The normalized spacial score (nSPS) is 45.2. The molecule has 0 aromatic heterocycles. The van der Waals surface area contributed by atoms with Crippen molar-refractivity contribution in [3.63, 3.8) is 0 Å². The van der Waals surface area contributed by atoms with Crippen LogP contribution in [0.3, 0.4) is 0 Å². The molecule has 2 rings (SSSR count). The largest absolute Gasteiger partial charge is 0.390 e. The fraction of sp³-hybridized carbons (Fsp3) is 1.00. The topological polar surface area (TPSA) is 38.7 Å². The van der Waals surface area contributed by atoms with Crippen molar-refractivity contribution in [3.8, 4) is 0 Å². The summed E-state index contributed by atoms with van der Waals surface area (Å²) in [4.78, 5) is 0. The molecule has 0 aromatic carbocycles. The minimum Gasteiger partial charge on any atom is -0.390 e. The molecule has 13 heavy (non-hydrogen) atoms. The highest BCUT2D eigenvalue weighted by molar-refractivity contribution is 4.91. The van der Waals surface area contributed by atoms with Crippen LogP contribution in [0.15, 0.2) is 0 Å². The van der Waals surface area contributed by atoms with Crippen molar-refractivity contribution in [1.82, 2.24) is 0 Å². The van der Waals surface area contributed by atoms with Gasteiger partial charge in [0, 0.05) is 12.8 Å². The summed E-state index contributed by atoms with van der Waals surface area (Å²) in [6.45, 7) is 4.92. The number of aliphatic hydroxyl groups excluding tert-OH is 1. The number of hydrogen-bond donors (Lipinski definition) is 1. The van der Waals surface area contributed by atoms with Gasteiger partial charge in [0.15, 0.2) is 5.79 Å². The van der Waals surface area contributed by atoms with E-state index >= 15 is 0 Å². The van der Waals surface area contributed by atoms with E-state index in [1.54, 1.807) is 0 Å². The first-order valence-corrected chi connectivity index (χ1v) is 5.13. The molecule has 2 saturated heterocycles. The smallest absolute Gasteiger partial charge is 0.171 e. The standard InChI is InChI=1S/C10H18O3/c1-7(2)9-8(11)6-10(13-9)4-3-5-12-10/h7-9,11H,3-6H2,1-2H3/t8-,9-,10?/m0/s1. The molecule has 76 valence electrons. The Labute approximate surface area is 79.0 Å². The maximum absolute atomic E-state index is 9.78. The average Bonchev–Trinajstić information content (AvgIpc) is 2.60. The highest BCUT2D eigenvalue weighted by Gasteiger charge is 2.49. The maximum Gasteiger partial charge on any atom is 0.171 e. The molecular formula is C10H18O3. The van der Waals surface area contributed by atoms with Gasteiger partial charge in [-0.25, -0.2) is 0 Å². The number of hydrogen-bond acceptors (Lipinski definition) is 3. The van der Waals surface area contributed by atoms with Gasteiger partial charge in [0.1, 0.15) is 0 Å². The lowest BCUT2D eigenvalue weighted by Crippen LogP contribution is -2.29. The zero-order valence-corrected chi connectivity index (χ0v) is 8.32. The quantitative estimate of drug-likeness (QED) is 0.671. The Kier molecular flexibility index (Phi) is 2.34. The molecule has 1 unspecified atom stereocenters. The van der Waals surface area contributed by atoms with Crippen LogP contribution in [-0.2, 0) is 9.47 Å². The van der Waals surface area contributed by atoms with Crippen molar-refractivity contribution in [2.24, 2.45) is 5.92 Å². The second kappa shape index (κ2) is 3.23. The van der Waals surface area contributed by atoms with Crippen molar-refractivity contribution < 1.29 is 14.6 Å². The van der Waals surface area contributed by atoms with Crippen LogP contribution in [0.1, 0.15) is 33.1 Å². The lowest BCUT2D eigenvalue weighted by Gasteiger charge is -2.24. The molecule has 3 atom stereocenters. The Morgan fingerprint density at radius 3 is 2.69 bits per heavy atom. The van der Waals surface area contributed by atoms with Crippen LogP contribution < -0.4 is 0 Å². The predicted octanol–water partition coefficient (Wildman–Crippen LogP) is 1.30. The highest BCUT2D eigenvalue weighted by Crippen LogP contribution is 2.41. The summed E-state index contributed by atoms with van der Waals surface area (Å²) in [5.74, 6) is -0.0764. The molecule has 3 heteroatoms. The van der Waals surface area contributed by atoms with Gasteiger partial charge in [-0.05, 0) is 12.3 Å². The molecule has 2 heterocycles. The number of rotatable bonds is 1. The van der Waals surface area contributed by atoms with Gasteiger partial charge in [-0.1, -0.05) is 13.8 Å². The van der Waals surface area contributed by atoms with Crippen LogP contribution >= 0.6 is 0 Å². The van der Waals surface area contributed by atoms with Crippen molar-refractivity contribution in [2.75, 3.05) is 6.61 Å². The van der Waals surface area contributed by atoms with E-state index in [-0.39, 0.29) is 12.2 Å².